The predicted octanol–water partition coefficient (Wildman–Crippen LogP) is 2.22. The van der Waals surface area contributed by atoms with Gasteiger partial charge in [0.15, 0.2) is 5.16 Å². The summed E-state index contributed by atoms with van der Waals surface area (Å²) in [5, 5.41) is 14.5. The number of hydrogen-bond acceptors (Lipinski definition) is 6. The topological polar surface area (TPSA) is 81.4 Å². The van der Waals surface area contributed by atoms with Gasteiger partial charge in [-0.05, 0) is 16.8 Å². The molecule has 2 aromatic carbocycles. The van der Waals surface area contributed by atoms with Crippen LogP contribution in [0.5, 0.6) is 5.75 Å². The van der Waals surface area contributed by atoms with E-state index in [9.17, 15) is 4.79 Å². The molecule has 1 heterocycles. The van der Waals surface area contributed by atoms with Gasteiger partial charge in [-0.2, -0.15) is 5.10 Å². The van der Waals surface area contributed by atoms with Crippen molar-refractivity contribution in [2.45, 2.75) is 5.16 Å². The van der Waals surface area contributed by atoms with Crippen LogP contribution >= 0.6 is 11.8 Å². The fourth-order valence-electron chi connectivity index (χ4n) is 2.32. The van der Waals surface area contributed by atoms with Crippen LogP contribution in [0.4, 0.5) is 0 Å². The van der Waals surface area contributed by atoms with Crippen molar-refractivity contribution in [1.82, 2.24) is 20.2 Å². The van der Waals surface area contributed by atoms with E-state index in [-0.39, 0.29) is 11.7 Å². The average Bonchev–Trinajstić information content (AvgIpc) is 3.05. The van der Waals surface area contributed by atoms with Crippen LogP contribution in [0.15, 0.2) is 53.0 Å². The number of benzene rings is 2. The minimum Gasteiger partial charge on any atom is -0.496 e. The maximum atomic E-state index is 11.9. The van der Waals surface area contributed by atoms with E-state index < -0.39 is 0 Å². The van der Waals surface area contributed by atoms with Crippen LogP contribution in [0.1, 0.15) is 5.56 Å². The first-order valence-corrected chi connectivity index (χ1v) is 8.52. The summed E-state index contributed by atoms with van der Waals surface area (Å²) in [4.78, 5) is 11.9. The van der Waals surface area contributed by atoms with Crippen LogP contribution in [0.25, 0.3) is 10.8 Å². The van der Waals surface area contributed by atoms with Crippen LogP contribution in [-0.4, -0.2) is 39.7 Å². The highest BCUT2D eigenvalue weighted by molar-refractivity contribution is 7.99. The second-order valence-corrected chi connectivity index (χ2v) is 6.15. The molecule has 0 radical (unpaired) electrons. The van der Waals surface area contributed by atoms with Crippen molar-refractivity contribution in [2.75, 3.05) is 12.9 Å². The number of aryl methyl sites for hydroxylation is 1. The van der Waals surface area contributed by atoms with Gasteiger partial charge in [0.1, 0.15) is 12.1 Å². The van der Waals surface area contributed by atoms with Gasteiger partial charge in [-0.15, -0.1) is 10.2 Å². The molecule has 8 heteroatoms. The van der Waals surface area contributed by atoms with Gasteiger partial charge in [0.2, 0.25) is 0 Å². The molecule has 128 valence electrons. The summed E-state index contributed by atoms with van der Waals surface area (Å²) in [5.41, 5.74) is 3.35. The Balaban J connectivity index is 1.68. The Hall–Kier alpha value is -2.87. The van der Waals surface area contributed by atoms with Crippen molar-refractivity contribution in [2.24, 2.45) is 12.1 Å². The summed E-state index contributed by atoms with van der Waals surface area (Å²) in [7, 11) is 3.43. The highest BCUT2D eigenvalue weighted by Crippen LogP contribution is 2.26. The van der Waals surface area contributed by atoms with Crippen molar-refractivity contribution < 1.29 is 9.53 Å². The maximum absolute atomic E-state index is 11.9. The smallest absolute Gasteiger partial charge is 0.250 e. The molecular formula is C17H17N5O2S. The van der Waals surface area contributed by atoms with E-state index in [1.165, 1.54) is 11.8 Å². The number of carbonyl (C=O) groups is 1. The lowest BCUT2D eigenvalue weighted by molar-refractivity contribution is -0.118. The summed E-state index contributed by atoms with van der Waals surface area (Å²) in [6, 6.07) is 11.8. The summed E-state index contributed by atoms with van der Waals surface area (Å²) < 4.78 is 7.15. The third-order valence-corrected chi connectivity index (χ3v) is 4.57. The number of nitrogens with one attached hydrogen (secondary N) is 1. The van der Waals surface area contributed by atoms with E-state index in [0.717, 1.165) is 16.3 Å². The predicted molar refractivity (Wildman–Crippen MR) is 98.0 cm³/mol. The number of methoxy groups -OCH3 is 1. The molecule has 25 heavy (non-hydrogen) atoms. The second-order valence-electron chi connectivity index (χ2n) is 5.21. The third-order valence-electron chi connectivity index (χ3n) is 3.54. The first-order chi connectivity index (χ1) is 12.2. The number of thioether (sulfide) groups is 1. The molecule has 0 aliphatic heterocycles. The number of fused-ring (bicyclic) bond motifs is 1. The summed E-state index contributed by atoms with van der Waals surface area (Å²) in [5.74, 6) is 0.685. The standard InChI is InChI=1S/C17H17N5O2S/c1-22-11-19-21-17(22)25-10-16(23)20-18-9-14-13-6-4-3-5-12(13)7-8-15(14)24-2/h3-9,11H,10H2,1-2H3,(H,20,23)/b18-9-. The van der Waals surface area contributed by atoms with Crippen LogP contribution in [-0.2, 0) is 11.8 Å². The van der Waals surface area contributed by atoms with E-state index in [2.05, 4.69) is 20.7 Å². The van der Waals surface area contributed by atoms with Crippen molar-refractivity contribution in [3.05, 3.63) is 48.3 Å². The Morgan fingerprint density at radius 2 is 2.20 bits per heavy atom. The first kappa shape index (κ1) is 17.0. The molecule has 7 nitrogen and oxygen atoms in total. The number of carbonyl (C=O) groups excluding carboxylic acids is 1. The second kappa shape index (κ2) is 7.80. The largest absolute Gasteiger partial charge is 0.496 e. The molecule has 0 unspecified atom stereocenters. The molecule has 0 aliphatic carbocycles. The Morgan fingerprint density at radius 1 is 1.36 bits per heavy atom. The zero-order valence-corrected chi connectivity index (χ0v) is 14.7. The molecule has 1 aromatic heterocycles. The molecule has 0 spiro atoms. The van der Waals surface area contributed by atoms with Gasteiger partial charge >= 0.3 is 0 Å². The van der Waals surface area contributed by atoms with Crippen LogP contribution in [0, 0.1) is 0 Å². The Morgan fingerprint density at radius 3 is 2.96 bits per heavy atom. The maximum Gasteiger partial charge on any atom is 0.250 e. The molecular weight excluding hydrogens is 338 g/mol. The minimum atomic E-state index is -0.219. The molecule has 3 aromatic rings. The quantitative estimate of drug-likeness (QED) is 0.416. The monoisotopic (exact) mass is 355 g/mol. The molecule has 0 saturated heterocycles. The van der Waals surface area contributed by atoms with E-state index >= 15 is 0 Å². The molecule has 3 rings (SSSR count). The number of aromatic nitrogens is 3. The van der Waals surface area contributed by atoms with Gasteiger partial charge in [0.05, 0.1) is 19.1 Å². The summed E-state index contributed by atoms with van der Waals surface area (Å²) in [6.45, 7) is 0. The van der Waals surface area contributed by atoms with Gasteiger partial charge in [0.25, 0.3) is 5.91 Å². The lowest BCUT2D eigenvalue weighted by Crippen LogP contribution is -2.20. The summed E-state index contributed by atoms with van der Waals surface area (Å²) in [6.07, 6.45) is 3.19. The molecule has 1 amide bonds. The lowest BCUT2D eigenvalue weighted by atomic mass is 10.0. The Bertz CT molecular complexity index is 922. The van der Waals surface area contributed by atoms with Crippen LogP contribution in [0.3, 0.4) is 0 Å². The first-order valence-electron chi connectivity index (χ1n) is 7.53. The van der Waals surface area contributed by atoms with E-state index in [1.807, 2.05) is 43.4 Å². The van der Waals surface area contributed by atoms with Gasteiger partial charge in [-0.1, -0.05) is 42.1 Å². The van der Waals surface area contributed by atoms with E-state index in [1.54, 1.807) is 24.2 Å². The van der Waals surface area contributed by atoms with Gasteiger partial charge < -0.3 is 9.30 Å². The molecule has 0 saturated carbocycles. The van der Waals surface area contributed by atoms with Crippen molar-refractivity contribution in [3.63, 3.8) is 0 Å². The normalized spacial score (nSPS) is 11.1. The van der Waals surface area contributed by atoms with E-state index in [4.69, 9.17) is 4.74 Å². The zero-order chi connectivity index (χ0) is 17.6. The minimum absolute atomic E-state index is 0.205. The molecule has 0 fully saturated rings. The highest BCUT2D eigenvalue weighted by Gasteiger charge is 2.08. The fraction of sp³-hybridized carbons (Fsp3) is 0.176. The van der Waals surface area contributed by atoms with Crippen LogP contribution < -0.4 is 10.2 Å². The van der Waals surface area contributed by atoms with Crippen molar-refractivity contribution in [3.8, 4) is 5.75 Å². The van der Waals surface area contributed by atoms with Crippen LogP contribution in [0.2, 0.25) is 0 Å². The number of rotatable bonds is 6. The number of hydrogen-bond donors (Lipinski definition) is 1. The number of ether oxygens (including phenoxy) is 1. The molecule has 1 N–H and O–H groups in total. The summed E-state index contributed by atoms with van der Waals surface area (Å²) >= 11 is 1.30. The third kappa shape index (κ3) is 3.97. The van der Waals surface area contributed by atoms with Gasteiger partial charge in [0, 0.05) is 12.6 Å². The Labute approximate surface area is 149 Å². The molecule has 0 atom stereocenters. The Kier molecular flexibility index (Phi) is 5.30. The van der Waals surface area contributed by atoms with Crippen molar-refractivity contribution >= 4 is 34.7 Å². The fourth-order valence-corrected chi connectivity index (χ4v) is 3.00. The zero-order valence-electron chi connectivity index (χ0n) is 13.8. The van der Waals surface area contributed by atoms with Gasteiger partial charge in [-0.25, -0.2) is 5.43 Å². The van der Waals surface area contributed by atoms with Crippen molar-refractivity contribution in [1.29, 1.82) is 0 Å². The highest BCUT2D eigenvalue weighted by atomic mass is 32.2. The van der Waals surface area contributed by atoms with Gasteiger partial charge in [-0.3, -0.25) is 4.79 Å². The number of amides is 1. The average molecular weight is 355 g/mol. The lowest BCUT2D eigenvalue weighted by Gasteiger charge is -2.08. The number of nitrogens with zero attached hydrogens (tertiary/aromatic N) is 4. The SMILES string of the molecule is COc1ccc2ccccc2c1/C=N\NC(=O)CSc1nncn1C. The number of hydrazone groups is 1. The molecule has 0 aliphatic rings. The van der Waals surface area contributed by atoms with E-state index in [0.29, 0.717) is 10.9 Å². The molecule has 0 bridgehead atoms.